The number of ether oxygens (including phenoxy) is 4. The number of benzene rings is 1. The van der Waals surface area contributed by atoms with Gasteiger partial charge in [0.25, 0.3) is 0 Å². The van der Waals surface area contributed by atoms with Gasteiger partial charge in [0.05, 0.1) is 44.7 Å². The van der Waals surface area contributed by atoms with Crippen molar-refractivity contribution in [3.63, 3.8) is 0 Å². The van der Waals surface area contributed by atoms with Crippen LogP contribution < -0.4 is 9.47 Å². The molecule has 0 bridgehead atoms. The third-order valence-corrected chi connectivity index (χ3v) is 6.30. The van der Waals surface area contributed by atoms with Crippen LogP contribution in [0.2, 0.25) is 0 Å². The van der Waals surface area contributed by atoms with Gasteiger partial charge in [-0.25, -0.2) is 0 Å². The number of methoxy groups -OCH3 is 1. The van der Waals surface area contributed by atoms with Crippen molar-refractivity contribution in [2.45, 2.75) is 78.4 Å². The Morgan fingerprint density at radius 2 is 1.68 bits per heavy atom. The summed E-state index contributed by atoms with van der Waals surface area (Å²) in [6.45, 7) is 10.4. The van der Waals surface area contributed by atoms with E-state index in [4.69, 9.17) is 24.2 Å². The standard InChI is InChI=1S/C20H27NO3.C8H14O2/c1-4-5-6-7-8-9-12-24-19-11-10-17(14-20(19)23-3)13-18(15-21)16(2)22;1-5-3-9-8-6(2)4-10-7(5)8/h10-11,13-14H,4-9,12H2,1-3H3;5-8H,3-4H2,1-2H3/t;5-,6+,7-,8-/m.1/s1. The van der Waals surface area contributed by atoms with Crippen LogP contribution in [0.25, 0.3) is 6.08 Å². The first-order chi connectivity index (χ1) is 16.4. The molecule has 2 aliphatic heterocycles. The summed E-state index contributed by atoms with van der Waals surface area (Å²) < 4.78 is 22.3. The number of hydrogen-bond donors (Lipinski definition) is 0. The average Bonchev–Trinajstić information content (AvgIpc) is 3.39. The number of hydrogen-bond acceptors (Lipinski definition) is 6. The lowest BCUT2D eigenvalue weighted by atomic mass is 9.99. The van der Waals surface area contributed by atoms with Crippen molar-refractivity contribution in [2.24, 2.45) is 11.8 Å². The van der Waals surface area contributed by atoms with Crippen LogP contribution in [0.1, 0.15) is 71.8 Å². The highest BCUT2D eigenvalue weighted by Crippen LogP contribution is 2.33. The van der Waals surface area contributed by atoms with E-state index in [1.807, 2.05) is 18.2 Å². The van der Waals surface area contributed by atoms with Crippen molar-refractivity contribution in [3.8, 4) is 17.6 Å². The molecule has 0 aromatic heterocycles. The summed E-state index contributed by atoms with van der Waals surface area (Å²) in [5, 5.41) is 8.96. The Balaban J connectivity index is 0.000000333. The molecule has 34 heavy (non-hydrogen) atoms. The third kappa shape index (κ3) is 8.45. The summed E-state index contributed by atoms with van der Waals surface area (Å²) in [5.74, 6) is 2.25. The summed E-state index contributed by atoms with van der Waals surface area (Å²) in [7, 11) is 1.58. The molecule has 2 fully saturated rings. The first-order valence-corrected chi connectivity index (χ1v) is 12.6. The van der Waals surface area contributed by atoms with Crippen molar-refractivity contribution in [1.82, 2.24) is 0 Å². The molecular weight excluding hydrogens is 430 g/mol. The smallest absolute Gasteiger partial charge is 0.170 e. The highest BCUT2D eigenvalue weighted by molar-refractivity contribution is 6.01. The van der Waals surface area contributed by atoms with Crippen LogP contribution in [-0.4, -0.2) is 44.9 Å². The van der Waals surface area contributed by atoms with E-state index in [2.05, 4.69) is 20.8 Å². The quantitative estimate of drug-likeness (QED) is 0.224. The monoisotopic (exact) mass is 471 g/mol. The maximum Gasteiger partial charge on any atom is 0.170 e. The molecule has 0 saturated carbocycles. The Kier molecular flexibility index (Phi) is 12.1. The van der Waals surface area contributed by atoms with E-state index in [-0.39, 0.29) is 11.4 Å². The third-order valence-electron chi connectivity index (χ3n) is 6.30. The number of unbranched alkanes of at least 4 members (excludes halogenated alkanes) is 5. The Bertz CT molecular complexity index is 828. The summed E-state index contributed by atoms with van der Waals surface area (Å²) in [4.78, 5) is 11.3. The number of carbonyl (C=O) groups excluding carboxylic acids is 1. The van der Waals surface area contributed by atoms with E-state index in [1.54, 1.807) is 19.3 Å². The lowest BCUT2D eigenvalue weighted by Crippen LogP contribution is -2.23. The zero-order valence-electron chi connectivity index (χ0n) is 21.5. The van der Waals surface area contributed by atoms with Crippen LogP contribution in [0.4, 0.5) is 0 Å². The number of nitriles is 1. The van der Waals surface area contributed by atoms with Crippen LogP contribution in [0, 0.1) is 23.2 Å². The van der Waals surface area contributed by atoms with Crippen molar-refractivity contribution in [1.29, 1.82) is 5.26 Å². The van der Waals surface area contributed by atoms with E-state index in [9.17, 15) is 4.79 Å². The van der Waals surface area contributed by atoms with Gasteiger partial charge in [-0.3, -0.25) is 4.79 Å². The molecule has 1 aromatic rings. The molecule has 3 rings (SSSR count). The predicted molar refractivity (Wildman–Crippen MR) is 134 cm³/mol. The average molecular weight is 472 g/mol. The number of ketones is 1. The van der Waals surface area contributed by atoms with Crippen LogP contribution in [0.3, 0.4) is 0 Å². The Hall–Kier alpha value is -2.36. The fraction of sp³-hybridized carbons (Fsp3) is 0.643. The summed E-state index contributed by atoms with van der Waals surface area (Å²) in [6.07, 6.45) is 9.65. The number of Topliss-reactive ketones (excluding diaryl/α,β-unsaturated/α-hetero) is 1. The molecule has 2 saturated heterocycles. The SMILES string of the molecule is CCCCCCCCOc1ccc(C=C(C#N)C(C)=O)cc1OC.C[C@@H]1CO[C@H]2[C@@H]1OC[C@@H]2C. The summed E-state index contributed by atoms with van der Waals surface area (Å²) >= 11 is 0. The molecule has 188 valence electrons. The second kappa shape index (κ2) is 14.8. The largest absolute Gasteiger partial charge is 0.493 e. The molecule has 2 heterocycles. The van der Waals surface area contributed by atoms with Gasteiger partial charge < -0.3 is 18.9 Å². The molecule has 2 aliphatic rings. The molecule has 1 aromatic carbocycles. The molecule has 0 aliphatic carbocycles. The molecule has 0 radical (unpaired) electrons. The van der Waals surface area contributed by atoms with E-state index < -0.39 is 0 Å². The number of nitrogens with zero attached hydrogens (tertiary/aromatic N) is 1. The first kappa shape index (κ1) is 27.9. The molecule has 0 spiro atoms. The predicted octanol–water partition coefficient (Wildman–Crippen LogP) is 5.99. The molecule has 0 unspecified atom stereocenters. The molecular formula is C28H41NO5. The number of fused-ring (bicyclic) bond motifs is 1. The van der Waals surface area contributed by atoms with Gasteiger partial charge in [0.15, 0.2) is 17.3 Å². The fourth-order valence-corrected chi connectivity index (χ4v) is 4.22. The lowest BCUT2D eigenvalue weighted by Gasteiger charge is -2.11. The highest BCUT2D eigenvalue weighted by Gasteiger charge is 2.43. The maximum atomic E-state index is 11.3. The minimum absolute atomic E-state index is 0.123. The first-order valence-electron chi connectivity index (χ1n) is 12.6. The van der Waals surface area contributed by atoms with Gasteiger partial charge in [0.1, 0.15) is 6.07 Å². The molecule has 6 heteroatoms. The number of rotatable bonds is 11. The molecule has 0 N–H and O–H groups in total. The van der Waals surface area contributed by atoms with Gasteiger partial charge in [-0.15, -0.1) is 0 Å². The molecule has 0 amide bonds. The van der Waals surface area contributed by atoms with Crippen LogP contribution in [0.5, 0.6) is 11.5 Å². The van der Waals surface area contributed by atoms with Crippen LogP contribution >= 0.6 is 0 Å². The normalized spacial score (nSPS) is 23.5. The fourth-order valence-electron chi connectivity index (χ4n) is 4.22. The topological polar surface area (TPSA) is 77.8 Å². The van der Waals surface area contributed by atoms with Crippen molar-refractivity contribution < 1.29 is 23.7 Å². The van der Waals surface area contributed by atoms with Crippen LogP contribution in [0.15, 0.2) is 23.8 Å². The Labute approximate surface area is 205 Å². The zero-order valence-corrected chi connectivity index (χ0v) is 21.5. The minimum Gasteiger partial charge on any atom is -0.493 e. The van der Waals surface area contributed by atoms with Crippen molar-refractivity contribution >= 4 is 11.9 Å². The number of allylic oxidation sites excluding steroid dienone is 1. The molecule has 4 atom stereocenters. The summed E-state index contributed by atoms with van der Waals surface area (Å²) in [5.41, 5.74) is 0.864. The maximum absolute atomic E-state index is 11.3. The highest BCUT2D eigenvalue weighted by atomic mass is 16.6. The van der Waals surface area contributed by atoms with E-state index in [0.717, 1.165) is 25.2 Å². The van der Waals surface area contributed by atoms with Crippen LogP contribution in [-0.2, 0) is 14.3 Å². The van der Waals surface area contributed by atoms with Gasteiger partial charge in [-0.05, 0) is 37.1 Å². The van der Waals surface area contributed by atoms with Crippen molar-refractivity contribution in [2.75, 3.05) is 26.9 Å². The van der Waals surface area contributed by atoms with Crippen molar-refractivity contribution in [3.05, 3.63) is 29.3 Å². The van der Waals surface area contributed by atoms with E-state index >= 15 is 0 Å². The van der Waals surface area contributed by atoms with Gasteiger partial charge >= 0.3 is 0 Å². The van der Waals surface area contributed by atoms with Gasteiger partial charge in [0.2, 0.25) is 0 Å². The zero-order chi connectivity index (χ0) is 24.9. The van der Waals surface area contributed by atoms with Gasteiger partial charge in [-0.2, -0.15) is 5.26 Å². The molecule has 6 nitrogen and oxygen atoms in total. The summed E-state index contributed by atoms with van der Waals surface area (Å²) in [6, 6.07) is 7.31. The second-order valence-corrected chi connectivity index (χ2v) is 9.30. The number of carbonyl (C=O) groups is 1. The van der Waals surface area contributed by atoms with E-state index in [0.29, 0.717) is 42.1 Å². The lowest BCUT2D eigenvalue weighted by molar-refractivity contribution is -0.113. The minimum atomic E-state index is -0.250. The van der Waals surface area contributed by atoms with E-state index in [1.165, 1.54) is 39.0 Å². The van der Waals surface area contributed by atoms with Gasteiger partial charge in [-0.1, -0.05) is 58.9 Å². The second-order valence-electron chi connectivity index (χ2n) is 9.30. The Morgan fingerprint density at radius 3 is 2.24 bits per heavy atom. The van der Waals surface area contributed by atoms with Gasteiger partial charge in [0, 0.05) is 11.8 Å². The Morgan fingerprint density at radius 1 is 1.06 bits per heavy atom.